The molecule has 4 nitrogen and oxygen atoms in total. The largest absolute Gasteiger partial charge is 0.465 e. The first kappa shape index (κ1) is 14.5. The fourth-order valence-corrected chi connectivity index (χ4v) is 2.38. The number of carbonyl (C=O) groups excluding carboxylic acids is 1. The molecule has 1 saturated heterocycles. The van der Waals surface area contributed by atoms with Gasteiger partial charge in [0.15, 0.2) is 0 Å². The van der Waals surface area contributed by atoms with Crippen molar-refractivity contribution in [2.24, 2.45) is 17.6 Å². The van der Waals surface area contributed by atoms with E-state index < -0.39 is 5.54 Å². The molecule has 0 aliphatic carbocycles. The van der Waals surface area contributed by atoms with Crippen molar-refractivity contribution in [3.05, 3.63) is 0 Å². The van der Waals surface area contributed by atoms with E-state index in [1.165, 1.54) is 6.42 Å². The number of rotatable bonds is 5. The van der Waals surface area contributed by atoms with Gasteiger partial charge in [0.25, 0.3) is 0 Å². The molecule has 100 valence electrons. The molecule has 0 saturated carbocycles. The lowest BCUT2D eigenvalue weighted by molar-refractivity contribution is -0.149. The third kappa shape index (κ3) is 3.96. The van der Waals surface area contributed by atoms with Gasteiger partial charge < -0.3 is 15.4 Å². The van der Waals surface area contributed by atoms with E-state index in [-0.39, 0.29) is 5.97 Å². The molecular weight excluding hydrogens is 216 g/mol. The van der Waals surface area contributed by atoms with Crippen molar-refractivity contribution < 1.29 is 9.53 Å². The molecule has 0 radical (unpaired) electrons. The predicted octanol–water partition coefficient (Wildman–Crippen LogP) is 1.24. The second-order valence-electron chi connectivity index (χ2n) is 5.67. The quantitative estimate of drug-likeness (QED) is 0.737. The van der Waals surface area contributed by atoms with Gasteiger partial charge in [-0.1, -0.05) is 13.8 Å². The molecular formula is C13H26N2O2. The molecule has 4 heteroatoms. The summed E-state index contributed by atoms with van der Waals surface area (Å²) in [5.41, 5.74) is 5.14. The highest BCUT2D eigenvalue weighted by Crippen LogP contribution is 2.24. The van der Waals surface area contributed by atoms with Gasteiger partial charge in [-0.3, -0.25) is 4.79 Å². The van der Waals surface area contributed by atoms with Crippen LogP contribution in [-0.4, -0.2) is 42.6 Å². The zero-order valence-electron chi connectivity index (χ0n) is 11.5. The van der Waals surface area contributed by atoms with Crippen molar-refractivity contribution in [3.8, 4) is 0 Å². The highest BCUT2D eigenvalue weighted by molar-refractivity contribution is 5.80. The number of likely N-dealkylation sites (tertiary alicyclic amines) is 1. The van der Waals surface area contributed by atoms with Crippen molar-refractivity contribution in [1.29, 1.82) is 0 Å². The Morgan fingerprint density at radius 3 is 2.71 bits per heavy atom. The summed E-state index contributed by atoms with van der Waals surface area (Å²) in [6, 6.07) is 0. The summed E-state index contributed by atoms with van der Waals surface area (Å²) < 4.78 is 5.00. The highest BCUT2D eigenvalue weighted by atomic mass is 16.5. The van der Waals surface area contributed by atoms with Crippen molar-refractivity contribution in [2.75, 3.05) is 26.2 Å². The average Bonchev–Trinajstić information content (AvgIpc) is 2.66. The third-order valence-corrected chi connectivity index (χ3v) is 3.55. The van der Waals surface area contributed by atoms with Crippen molar-refractivity contribution in [3.63, 3.8) is 0 Å². The minimum absolute atomic E-state index is 0.298. The molecule has 1 aliphatic heterocycles. The van der Waals surface area contributed by atoms with Gasteiger partial charge >= 0.3 is 5.97 Å². The van der Waals surface area contributed by atoms with Crippen LogP contribution in [0, 0.1) is 11.8 Å². The zero-order chi connectivity index (χ0) is 13.1. The van der Waals surface area contributed by atoms with Crippen LogP contribution in [0.4, 0.5) is 0 Å². The van der Waals surface area contributed by atoms with Crippen LogP contribution in [-0.2, 0) is 9.53 Å². The minimum atomic E-state index is -0.887. The number of nitrogens with zero attached hydrogens (tertiary/aromatic N) is 1. The fourth-order valence-electron chi connectivity index (χ4n) is 2.38. The lowest BCUT2D eigenvalue weighted by atomic mass is 9.95. The van der Waals surface area contributed by atoms with Gasteiger partial charge in [0.2, 0.25) is 0 Å². The van der Waals surface area contributed by atoms with Gasteiger partial charge in [0.05, 0.1) is 6.61 Å². The lowest BCUT2D eigenvalue weighted by Gasteiger charge is -2.28. The second-order valence-corrected chi connectivity index (χ2v) is 5.67. The fraction of sp³-hybridized carbons (Fsp3) is 0.923. The molecule has 17 heavy (non-hydrogen) atoms. The third-order valence-electron chi connectivity index (χ3n) is 3.55. The molecule has 0 spiro atoms. The summed E-state index contributed by atoms with van der Waals surface area (Å²) >= 11 is 0. The maximum Gasteiger partial charge on any atom is 0.327 e. The summed E-state index contributed by atoms with van der Waals surface area (Å²) in [7, 11) is 0. The van der Waals surface area contributed by atoms with Crippen LogP contribution in [0.5, 0.6) is 0 Å². The van der Waals surface area contributed by atoms with Crippen molar-refractivity contribution in [1.82, 2.24) is 4.90 Å². The molecule has 1 aliphatic rings. The van der Waals surface area contributed by atoms with Crippen molar-refractivity contribution in [2.45, 2.75) is 39.7 Å². The van der Waals surface area contributed by atoms with Crippen LogP contribution in [0.2, 0.25) is 0 Å². The SMILES string of the molecule is CCOC(=O)C(C)(N)CN1CCC(C(C)C)C1. The minimum Gasteiger partial charge on any atom is -0.465 e. The van der Waals surface area contributed by atoms with Crippen LogP contribution in [0.15, 0.2) is 0 Å². The molecule has 1 heterocycles. The van der Waals surface area contributed by atoms with Gasteiger partial charge in [-0.2, -0.15) is 0 Å². The Morgan fingerprint density at radius 1 is 1.59 bits per heavy atom. The van der Waals surface area contributed by atoms with Gasteiger partial charge in [0, 0.05) is 13.1 Å². The van der Waals surface area contributed by atoms with Gasteiger partial charge in [-0.15, -0.1) is 0 Å². The molecule has 1 rings (SSSR count). The Labute approximate surface area is 104 Å². The topological polar surface area (TPSA) is 55.6 Å². The Bertz CT molecular complexity index is 264. The molecule has 0 aromatic heterocycles. The number of nitrogens with two attached hydrogens (primary N) is 1. The van der Waals surface area contributed by atoms with E-state index in [9.17, 15) is 4.79 Å². The Morgan fingerprint density at radius 2 is 2.24 bits per heavy atom. The van der Waals surface area contributed by atoms with E-state index in [1.54, 1.807) is 13.8 Å². The van der Waals surface area contributed by atoms with Gasteiger partial charge in [0.1, 0.15) is 5.54 Å². The number of hydrogen-bond acceptors (Lipinski definition) is 4. The molecule has 0 amide bonds. The van der Waals surface area contributed by atoms with Crippen molar-refractivity contribution >= 4 is 5.97 Å². The summed E-state index contributed by atoms with van der Waals surface area (Å²) in [6.07, 6.45) is 1.20. The number of ether oxygens (including phenoxy) is 1. The standard InChI is InChI=1S/C13H26N2O2/c1-5-17-12(16)13(4,14)9-15-7-6-11(8-15)10(2)3/h10-11H,5-9,14H2,1-4H3. The lowest BCUT2D eigenvalue weighted by Crippen LogP contribution is -2.54. The van der Waals surface area contributed by atoms with Crippen LogP contribution in [0.3, 0.4) is 0 Å². The first-order valence-electron chi connectivity index (χ1n) is 6.55. The normalized spacial score (nSPS) is 24.9. The number of esters is 1. The van der Waals surface area contributed by atoms with Gasteiger partial charge in [-0.05, 0) is 38.6 Å². The Hall–Kier alpha value is -0.610. The summed E-state index contributed by atoms with van der Waals surface area (Å²) in [5, 5.41) is 0. The van der Waals surface area contributed by atoms with E-state index in [0.29, 0.717) is 19.1 Å². The summed E-state index contributed by atoms with van der Waals surface area (Å²) in [6.45, 7) is 11.1. The van der Waals surface area contributed by atoms with E-state index >= 15 is 0 Å². The van der Waals surface area contributed by atoms with E-state index in [0.717, 1.165) is 19.0 Å². The monoisotopic (exact) mass is 242 g/mol. The molecule has 0 aromatic carbocycles. The van der Waals surface area contributed by atoms with E-state index in [4.69, 9.17) is 10.5 Å². The van der Waals surface area contributed by atoms with Crippen LogP contribution >= 0.6 is 0 Å². The molecule has 2 atom stereocenters. The molecule has 0 bridgehead atoms. The first-order valence-corrected chi connectivity index (χ1v) is 6.55. The molecule has 0 aromatic rings. The number of hydrogen-bond donors (Lipinski definition) is 1. The molecule has 2 N–H and O–H groups in total. The Balaban J connectivity index is 2.46. The molecule has 1 fully saturated rings. The smallest absolute Gasteiger partial charge is 0.327 e. The molecule has 2 unspecified atom stereocenters. The average molecular weight is 242 g/mol. The summed E-state index contributed by atoms with van der Waals surface area (Å²) in [5.74, 6) is 1.13. The summed E-state index contributed by atoms with van der Waals surface area (Å²) in [4.78, 5) is 14.0. The van der Waals surface area contributed by atoms with E-state index in [2.05, 4.69) is 18.7 Å². The maximum atomic E-state index is 11.7. The van der Waals surface area contributed by atoms with Crippen LogP contribution < -0.4 is 5.73 Å². The van der Waals surface area contributed by atoms with Gasteiger partial charge in [-0.25, -0.2) is 0 Å². The predicted molar refractivity (Wildman–Crippen MR) is 68.6 cm³/mol. The Kier molecular flexibility index (Phi) is 4.95. The second kappa shape index (κ2) is 5.83. The maximum absolute atomic E-state index is 11.7. The first-order chi connectivity index (χ1) is 7.86. The number of carbonyl (C=O) groups is 1. The van der Waals surface area contributed by atoms with E-state index in [1.807, 2.05) is 0 Å². The zero-order valence-corrected chi connectivity index (χ0v) is 11.5. The van der Waals surface area contributed by atoms with Crippen LogP contribution in [0.25, 0.3) is 0 Å². The van der Waals surface area contributed by atoms with Crippen LogP contribution in [0.1, 0.15) is 34.1 Å². The highest BCUT2D eigenvalue weighted by Gasteiger charge is 2.35.